The minimum Gasteiger partial charge on any atom is -0.465 e. The fourth-order valence-electron chi connectivity index (χ4n) is 5.36. The van der Waals surface area contributed by atoms with Crippen LogP contribution in [0.15, 0.2) is 72.1 Å². The van der Waals surface area contributed by atoms with Crippen LogP contribution in [0.25, 0.3) is 22.2 Å². The topological polar surface area (TPSA) is 150 Å². The molecule has 1 aliphatic rings. The van der Waals surface area contributed by atoms with E-state index in [1.165, 1.54) is 17.3 Å². The lowest BCUT2D eigenvalue weighted by Crippen LogP contribution is -2.38. The van der Waals surface area contributed by atoms with Crippen molar-refractivity contribution in [2.75, 3.05) is 17.8 Å². The van der Waals surface area contributed by atoms with Crippen LogP contribution in [0.3, 0.4) is 0 Å². The number of pyridine rings is 1. The van der Waals surface area contributed by atoms with Gasteiger partial charge in [0.25, 0.3) is 10.0 Å². The van der Waals surface area contributed by atoms with Gasteiger partial charge in [-0.2, -0.15) is 18.3 Å². The Hall–Kier alpha value is -5.32. The van der Waals surface area contributed by atoms with Crippen LogP contribution >= 0.6 is 0 Å². The zero-order valence-electron chi connectivity index (χ0n) is 23.9. The van der Waals surface area contributed by atoms with E-state index in [9.17, 15) is 40.7 Å². The quantitative estimate of drug-likeness (QED) is 0.140. The molecule has 3 N–H and O–H groups in total. The summed E-state index contributed by atoms with van der Waals surface area (Å²) in [5.41, 5.74) is -1.75. The van der Waals surface area contributed by atoms with Crippen molar-refractivity contribution in [2.24, 2.45) is 0 Å². The number of amides is 1. The molecular formula is C30H23F5N6O5S. The third-order valence-corrected chi connectivity index (χ3v) is 9.26. The Balaban J connectivity index is 1.27. The number of likely N-dealkylation sites (tertiary alicyclic amines) is 1. The van der Waals surface area contributed by atoms with Gasteiger partial charge in [-0.1, -0.05) is 0 Å². The number of rotatable bonds is 7. The van der Waals surface area contributed by atoms with Crippen molar-refractivity contribution in [3.8, 4) is 11.1 Å². The second kappa shape index (κ2) is 11.8. The summed E-state index contributed by atoms with van der Waals surface area (Å²) in [6, 6.07) is 5.43. The number of halogens is 5. The van der Waals surface area contributed by atoms with E-state index in [2.05, 4.69) is 15.1 Å². The largest absolute Gasteiger partial charge is 0.465 e. The molecule has 5 aromatic rings. The minimum absolute atomic E-state index is 0.0321. The number of nitrogens with one attached hydrogen (secondary N) is 2. The number of hydrogen-bond acceptors (Lipinski definition) is 6. The highest BCUT2D eigenvalue weighted by Crippen LogP contribution is 2.33. The molecule has 0 radical (unpaired) electrons. The van der Waals surface area contributed by atoms with E-state index >= 15 is 4.39 Å². The van der Waals surface area contributed by atoms with E-state index in [1.54, 1.807) is 23.1 Å². The van der Waals surface area contributed by atoms with Gasteiger partial charge in [0.2, 0.25) is 5.78 Å². The number of fused-ring (bicyclic) bond motifs is 1. The Kier molecular flexibility index (Phi) is 7.95. The molecule has 4 heterocycles. The van der Waals surface area contributed by atoms with E-state index in [0.29, 0.717) is 67.4 Å². The van der Waals surface area contributed by atoms with Gasteiger partial charge < -0.3 is 15.0 Å². The molecule has 6 rings (SSSR count). The standard InChI is InChI=1S/C30H23F5N6O5S/c31-23-5-6-24(39-47(45,46)20-3-1-18(2-4-20)30(33,34)35)26(32)25(23)27(42)22-14-37-28-21(22)11-16(12-36-28)17-13-38-41(15-17)19-7-9-40(10-8-19)29(43)44/h1-6,11-15,19,39H,7-10H2,(H,36,37)(H,43,44). The van der Waals surface area contributed by atoms with Crippen molar-refractivity contribution in [1.29, 1.82) is 0 Å². The number of carboxylic acid groups (broad SMARTS) is 1. The Morgan fingerprint density at radius 3 is 2.36 bits per heavy atom. The number of piperidine rings is 1. The van der Waals surface area contributed by atoms with Gasteiger partial charge >= 0.3 is 12.3 Å². The third kappa shape index (κ3) is 6.13. The molecule has 1 saturated heterocycles. The van der Waals surface area contributed by atoms with Gasteiger partial charge in [0.15, 0.2) is 5.82 Å². The van der Waals surface area contributed by atoms with Crippen LogP contribution in [0.1, 0.15) is 40.4 Å². The van der Waals surface area contributed by atoms with Gasteiger partial charge in [-0.15, -0.1) is 0 Å². The number of alkyl halides is 3. The first-order valence-electron chi connectivity index (χ1n) is 14.0. The smallest absolute Gasteiger partial charge is 0.416 e. The molecule has 1 fully saturated rings. The van der Waals surface area contributed by atoms with Gasteiger partial charge in [0.1, 0.15) is 11.5 Å². The summed E-state index contributed by atoms with van der Waals surface area (Å²) < 4.78 is 98.5. The monoisotopic (exact) mass is 674 g/mol. The molecule has 11 nitrogen and oxygen atoms in total. The van der Waals surface area contributed by atoms with Crippen LogP contribution in [-0.2, 0) is 16.2 Å². The number of anilines is 1. The first kappa shape index (κ1) is 31.7. The number of H-pyrrole nitrogens is 1. The number of sulfonamides is 1. The summed E-state index contributed by atoms with van der Waals surface area (Å²) in [6.45, 7) is 0.727. The van der Waals surface area contributed by atoms with E-state index < -0.39 is 61.4 Å². The number of aromatic amines is 1. The van der Waals surface area contributed by atoms with E-state index in [-0.39, 0.29) is 22.6 Å². The van der Waals surface area contributed by atoms with Gasteiger partial charge in [0, 0.05) is 53.8 Å². The highest BCUT2D eigenvalue weighted by Gasteiger charge is 2.31. The van der Waals surface area contributed by atoms with Gasteiger partial charge in [-0.25, -0.2) is 27.0 Å². The zero-order valence-corrected chi connectivity index (χ0v) is 24.7. The molecule has 0 aliphatic carbocycles. The first-order valence-corrected chi connectivity index (χ1v) is 15.4. The molecule has 1 aliphatic heterocycles. The normalized spacial score (nSPS) is 14.4. The van der Waals surface area contributed by atoms with Crippen molar-refractivity contribution >= 4 is 38.6 Å². The predicted octanol–water partition coefficient (Wildman–Crippen LogP) is 6.07. The summed E-state index contributed by atoms with van der Waals surface area (Å²) in [4.78, 5) is 32.5. The highest BCUT2D eigenvalue weighted by atomic mass is 32.2. The summed E-state index contributed by atoms with van der Waals surface area (Å²) in [5, 5.41) is 13.8. The summed E-state index contributed by atoms with van der Waals surface area (Å²) in [6.07, 6.45) is 1.50. The molecule has 1 amide bonds. The molecule has 17 heteroatoms. The lowest BCUT2D eigenvalue weighted by Gasteiger charge is -2.30. The van der Waals surface area contributed by atoms with Crippen molar-refractivity contribution < 1.29 is 45.1 Å². The lowest BCUT2D eigenvalue weighted by atomic mass is 10.0. The second-order valence-electron chi connectivity index (χ2n) is 10.8. The first-order chi connectivity index (χ1) is 22.2. The predicted molar refractivity (Wildman–Crippen MR) is 157 cm³/mol. The van der Waals surface area contributed by atoms with Crippen molar-refractivity contribution in [3.63, 3.8) is 0 Å². The van der Waals surface area contributed by atoms with E-state index in [1.807, 2.05) is 4.72 Å². The number of benzene rings is 2. The number of aromatic nitrogens is 4. The van der Waals surface area contributed by atoms with Crippen LogP contribution < -0.4 is 4.72 Å². The van der Waals surface area contributed by atoms with E-state index in [0.717, 1.165) is 6.07 Å². The van der Waals surface area contributed by atoms with Crippen LogP contribution in [-0.4, -0.2) is 63.1 Å². The molecule has 3 aromatic heterocycles. The SMILES string of the molecule is O=C(c1c(F)ccc(NS(=O)(=O)c2ccc(C(F)(F)F)cc2)c1F)c1c[nH]c2ncc(-c3cnn(C4CCN(C(=O)O)CC4)c3)cc12. The Morgan fingerprint density at radius 1 is 1.00 bits per heavy atom. The number of nitrogens with zero attached hydrogens (tertiary/aromatic N) is 4. The van der Waals surface area contributed by atoms with Gasteiger partial charge in [0.05, 0.1) is 33.9 Å². The summed E-state index contributed by atoms with van der Waals surface area (Å²) in [7, 11) is -4.63. The van der Waals surface area contributed by atoms with Crippen LogP contribution in [0.2, 0.25) is 0 Å². The number of ketones is 1. The number of hydrogen-bond donors (Lipinski definition) is 3. The summed E-state index contributed by atoms with van der Waals surface area (Å²) >= 11 is 0. The molecule has 0 spiro atoms. The van der Waals surface area contributed by atoms with Crippen molar-refractivity contribution in [1.82, 2.24) is 24.6 Å². The van der Waals surface area contributed by atoms with Gasteiger partial charge in [-0.05, 0) is 55.3 Å². The molecule has 0 atom stereocenters. The average Bonchev–Trinajstić information content (AvgIpc) is 3.70. The fraction of sp³-hybridized carbons (Fsp3) is 0.200. The van der Waals surface area contributed by atoms with Crippen molar-refractivity contribution in [2.45, 2.75) is 30.0 Å². The Morgan fingerprint density at radius 2 is 1.70 bits per heavy atom. The van der Waals surface area contributed by atoms with E-state index in [4.69, 9.17) is 0 Å². The fourth-order valence-corrected chi connectivity index (χ4v) is 6.42. The molecule has 47 heavy (non-hydrogen) atoms. The molecule has 244 valence electrons. The van der Waals surface area contributed by atoms with Crippen LogP contribution in [0, 0.1) is 11.6 Å². The summed E-state index contributed by atoms with van der Waals surface area (Å²) in [5.74, 6) is -3.93. The molecule has 0 saturated carbocycles. The maximum Gasteiger partial charge on any atom is 0.416 e. The number of carbonyl (C=O) groups is 2. The average molecular weight is 675 g/mol. The Labute approximate surface area is 262 Å². The highest BCUT2D eigenvalue weighted by molar-refractivity contribution is 7.92. The molecule has 0 unspecified atom stereocenters. The molecule has 0 bridgehead atoms. The number of carbonyl (C=O) groups excluding carboxylic acids is 1. The second-order valence-corrected chi connectivity index (χ2v) is 12.5. The van der Waals surface area contributed by atoms with Crippen molar-refractivity contribution in [3.05, 3.63) is 95.6 Å². The maximum atomic E-state index is 15.6. The molecule has 2 aromatic carbocycles. The maximum absolute atomic E-state index is 15.6. The van der Waals surface area contributed by atoms with Gasteiger partial charge in [-0.3, -0.25) is 14.2 Å². The lowest BCUT2D eigenvalue weighted by molar-refractivity contribution is -0.137. The Bertz CT molecular complexity index is 2120. The third-order valence-electron chi connectivity index (χ3n) is 7.87. The zero-order chi connectivity index (χ0) is 33.7. The molecular weight excluding hydrogens is 651 g/mol. The van der Waals surface area contributed by atoms with Crippen LogP contribution in [0.4, 0.5) is 32.4 Å². The minimum atomic E-state index is -4.71. The van der Waals surface area contributed by atoms with Crippen LogP contribution in [0.5, 0.6) is 0 Å².